The maximum absolute atomic E-state index is 12.4. The molecule has 1 aliphatic rings. The van der Waals surface area contributed by atoms with Crippen LogP contribution in [0.2, 0.25) is 0 Å². The van der Waals surface area contributed by atoms with E-state index in [2.05, 4.69) is 5.32 Å². The molecule has 3 rings (SSSR count). The Labute approximate surface area is 156 Å². The second-order valence-electron chi connectivity index (χ2n) is 6.22. The van der Waals surface area contributed by atoms with Gasteiger partial charge in [-0.1, -0.05) is 42.5 Å². The average molecular weight is 368 g/mol. The summed E-state index contributed by atoms with van der Waals surface area (Å²) in [6.45, 7) is 1.79. The van der Waals surface area contributed by atoms with E-state index in [4.69, 9.17) is 4.74 Å². The van der Waals surface area contributed by atoms with Crippen LogP contribution in [0.1, 0.15) is 24.9 Å². The second kappa shape index (κ2) is 7.90. The van der Waals surface area contributed by atoms with Crippen molar-refractivity contribution in [2.24, 2.45) is 0 Å². The number of aliphatic carboxylic acids is 1. The molecular formula is C20H20N2O5. The zero-order chi connectivity index (χ0) is 19.4. The molecule has 2 amide bonds. The Bertz CT molecular complexity index is 852. The topological polar surface area (TPSA) is 95.9 Å². The molecule has 0 spiro atoms. The summed E-state index contributed by atoms with van der Waals surface area (Å²) < 4.78 is 5.57. The summed E-state index contributed by atoms with van der Waals surface area (Å²) in [7, 11) is 0. The lowest BCUT2D eigenvalue weighted by atomic mass is 10.1. The van der Waals surface area contributed by atoms with E-state index in [0.717, 1.165) is 0 Å². The van der Waals surface area contributed by atoms with Crippen LogP contribution in [0.15, 0.2) is 54.6 Å². The number of nitrogens with zero attached hydrogens (tertiary/aromatic N) is 1. The standard InChI is InChI=1S/C20H20N2O5/c1-13-19(24)22(15-9-5-6-10-16(15)27-13)12-11-17(23)21-18(20(25)26)14-7-3-2-4-8-14/h2-10,13,18H,11-12H2,1H3,(H,21,23)(H,25,26)/t13?,18-/m0/s1. The van der Waals surface area contributed by atoms with Gasteiger partial charge in [-0.15, -0.1) is 0 Å². The molecule has 0 saturated carbocycles. The minimum Gasteiger partial charge on any atom is -0.479 e. The van der Waals surface area contributed by atoms with E-state index in [1.54, 1.807) is 55.5 Å². The maximum Gasteiger partial charge on any atom is 0.330 e. The first-order valence-electron chi connectivity index (χ1n) is 8.61. The summed E-state index contributed by atoms with van der Waals surface area (Å²) in [6, 6.07) is 14.5. The molecule has 2 aromatic rings. The summed E-state index contributed by atoms with van der Waals surface area (Å²) in [5.41, 5.74) is 1.09. The van der Waals surface area contributed by atoms with Crippen LogP contribution in [0.25, 0.3) is 0 Å². The maximum atomic E-state index is 12.4. The Kier molecular flexibility index (Phi) is 5.40. The molecule has 2 aromatic carbocycles. The predicted molar refractivity (Wildman–Crippen MR) is 98.5 cm³/mol. The number of benzene rings is 2. The minimum atomic E-state index is -1.14. The van der Waals surface area contributed by atoms with Crippen molar-refractivity contribution >= 4 is 23.5 Å². The number of anilines is 1. The van der Waals surface area contributed by atoms with Gasteiger partial charge in [0.15, 0.2) is 12.1 Å². The number of carboxylic acids is 1. The number of hydrogen-bond acceptors (Lipinski definition) is 4. The highest BCUT2D eigenvalue weighted by molar-refractivity contribution is 6.00. The number of nitrogens with one attached hydrogen (secondary N) is 1. The van der Waals surface area contributed by atoms with Crippen molar-refractivity contribution in [3.8, 4) is 5.75 Å². The fourth-order valence-electron chi connectivity index (χ4n) is 2.97. The number of ether oxygens (including phenoxy) is 1. The van der Waals surface area contributed by atoms with E-state index in [0.29, 0.717) is 17.0 Å². The first-order chi connectivity index (χ1) is 13.0. The first kappa shape index (κ1) is 18.4. The zero-order valence-electron chi connectivity index (χ0n) is 14.8. The molecule has 1 aliphatic heterocycles. The lowest BCUT2D eigenvalue weighted by Crippen LogP contribution is -2.46. The number of hydrogen-bond donors (Lipinski definition) is 2. The van der Waals surface area contributed by atoms with Crippen LogP contribution in [0.3, 0.4) is 0 Å². The van der Waals surface area contributed by atoms with E-state index < -0.39 is 24.0 Å². The molecule has 7 nitrogen and oxygen atoms in total. The molecule has 0 aliphatic carbocycles. The van der Waals surface area contributed by atoms with Crippen LogP contribution in [0, 0.1) is 0 Å². The van der Waals surface area contributed by atoms with Gasteiger partial charge in [0.1, 0.15) is 5.75 Å². The van der Waals surface area contributed by atoms with E-state index >= 15 is 0 Å². The van der Waals surface area contributed by atoms with Crippen LogP contribution >= 0.6 is 0 Å². The summed E-state index contributed by atoms with van der Waals surface area (Å²) in [5.74, 6) is -1.25. The monoisotopic (exact) mass is 368 g/mol. The van der Waals surface area contributed by atoms with Gasteiger partial charge in [-0.05, 0) is 24.6 Å². The Morgan fingerprint density at radius 1 is 1.15 bits per heavy atom. The van der Waals surface area contributed by atoms with E-state index in [-0.39, 0.29) is 18.9 Å². The number of rotatable bonds is 6. The Hall–Kier alpha value is -3.35. The summed E-state index contributed by atoms with van der Waals surface area (Å²) in [6.07, 6.45) is -0.664. The minimum absolute atomic E-state index is 0.0244. The molecule has 0 saturated heterocycles. The van der Waals surface area contributed by atoms with Crippen molar-refractivity contribution in [1.82, 2.24) is 5.32 Å². The van der Waals surface area contributed by atoms with Gasteiger partial charge in [0.05, 0.1) is 5.69 Å². The second-order valence-corrected chi connectivity index (χ2v) is 6.22. The van der Waals surface area contributed by atoms with Gasteiger partial charge in [0, 0.05) is 13.0 Å². The number of amides is 2. The molecule has 2 atom stereocenters. The van der Waals surface area contributed by atoms with Crippen molar-refractivity contribution in [1.29, 1.82) is 0 Å². The lowest BCUT2D eigenvalue weighted by molar-refractivity contribution is -0.142. The van der Waals surface area contributed by atoms with Gasteiger partial charge in [-0.3, -0.25) is 9.59 Å². The molecule has 2 N–H and O–H groups in total. The number of carbonyl (C=O) groups is 3. The zero-order valence-corrected chi connectivity index (χ0v) is 14.8. The van der Waals surface area contributed by atoms with Gasteiger partial charge >= 0.3 is 5.97 Å². The quantitative estimate of drug-likeness (QED) is 0.814. The summed E-state index contributed by atoms with van der Waals surface area (Å²) >= 11 is 0. The van der Waals surface area contributed by atoms with Gasteiger partial charge in [0.2, 0.25) is 5.91 Å². The van der Waals surface area contributed by atoms with Crippen molar-refractivity contribution in [2.75, 3.05) is 11.4 Å². The molecule has 0 radical (unpaired) electrons. The third kappa shape index (κ3) is 4.08. The van der Waals surface area contributed by atoms with Crippen LogP contribution in [-0.4, -0.2) is 35.5 Å². The van der Waals surface area contributed by atoms with Crippen LogP contribution < -0.4 is 15.0 Å². The molecule has 7 heteroatoms. The summed E-state index contributed by atoms with van der Waals surface area (Å²) in [5, 5.41) is 11.9. The fourth-order valence-corrected chi connectivity index (χ4v) is 2.97. The largest absolute Gasteiger partial charge is 0.479 e. The molecule has 0 fully saturated rings. The normalized spacial score (nSPS) is 16.9. The van der Waals surface area contributed by atoms with Crippen molar-refractivity contribution in [3.63, 3.8) is 0 Å². The van der Waals surface area contributed by atoms with Crippen molar-refractivity contribution in [3.05, 3.63) is 60.2 Å². The van der Waals surface area contributed by atoms with E-state index in [1.807, 2.05) is 6.07 Å². The third-order valence-corrected chi connectivity index (χ3v) is 4.32. The molecule has 140 valence electrons. The molecule has 1 heterocycles. The van der Waals surface area contributed by atoms with Crippen LogP contribution in [-0.2, 0) is 14.4 Å². The highest BCUT2D eigenvalue weighted by Gasteiger charge is 2.31. The summed E-state index contributed by atoms with van der Waals surface area (Å²) in [4.78, 5) is 37.8. The molecule has 1 unspecified atom stereocenters. The molecule has 27 heavy (non-hydrogen) atoms. The van der Waals surface area contributed by atoms with Crippen molar-refractivity contribution in [2.45, 2.75) is 25.5 Å². The number of carbonyl (C=O) groups excluding carboxylic acids is 2. The van der Waals surface area contributed by atoms with Crippen molar-refractivity contribution < 1.29 is 24.2 Å². The first-order valence-corrected chi connectivity index (χ1v) is 8.61. The number of para-hydroxylation sites is 2. The smallest absolute Gasteiger partial charge is 0.330 e. The molecule has 0 bridgehead atoms. The van der Waals surface area contributed by atoms with Gasteiger partial charge in [-0.2, -0.15) is 0 Å². The predicted octanol–water partition coefficient (Wildman–Crippen LogP) is 2.13. The average Bonchev–Trinajstić information content (AvgIpc) is 2.67. The SMILES string of the molecule is CC1Oc2ccccc2N(CCC(=O)N[C@H](C(=O)O)c2ccccc2)C1=O. The van der Waals surface area contributed by atoms with E-state index in [1.165, 1.54) is 4.90 Å². The van der Waals surface area contributed by atoms with E-state index in [9.17, 15) is 19.5 Å². The highest BCUT2D eigenvalue weighted by atomic mass is 16.5. The molecule has 0 aromatic heterocycles. The van der Waals surface area contributed by atoms with Gasteiger partial charge < -0.3 is 20.1 Å². The Morgan fingerprint density at radius 2 is 1.81 bits per heavy atom. The highest BCUT2D eigenvalue weighted by Crippen LogP contribution is 2.33. The van der Waals surface area contributed by atoms with Crippen LogP contribution in [0.5, 0.6) is 5.75 Å². The fraction of sp³-hybridized carbons (Fsp3) is 0.250. The third-order valence-electron chi connectivity index (χ3n) is 4.32. The van der Waals surface area contributed by atoms with Gasteiger partial charge in [-0.25, -0.2) is 4.79 Å². The Morgan fingerprint density at radius 3 is 2.52 bits per heavy atom. The number of carboxylic acid groups (broad SMARTS) is 1. The Balaban J connectivity index is 1.68. The number of fused-ring (bicyclic) bond motifs is 1. The van der Waals surface area contributed by atoms with Crippen LogP contribution in [0.4, 0.5) is 5.69 Å². The van der Waals surface area contributed by atoms with Gasteiger partial charge in [0.25, 0.3) is 5.91 Å². The molecular weight excluding hydrogens is 348 g/mol. The lowest BCUT2D eigenvalue weighted by Gasteiger charge is -2.32.